The van der Waals surface area contributed by atoms with Crippen LogP contribution in [0.25, 0.3) is 32.4 Å². The number of nitrogens with zero attached hydrogens (tertiary/aromatic N) is 6. The minimum absolute atomic E-state index is 0.402. The van der Waals surface area contributed by atoms with Crippen LogP contribution >= 0.6 is 22.9 Å². The molecular formula is C29H26ClN7OS. The molecule has 0 aliphatic carbocycles. The number of thiazole rings is 1. The van der Waals surface area contributed by atoms with Crippen molar-refractivity contribution >= 4 is 33.4 Å². The lowest BCUT2D eigenvalue weighted by molar-refractivity contribution is 0.306. The van der Waals surface area contributed by atoms with E-state index in [1.807, 2.05) is 60.7 Å². The van der Waals surface area contributed by atoms with Crippen molar-refractivity contribution in [3.05, 3.63) is 94.8 Å². The summed E-state index contributed by atoms with van der Waals surface area (Å²) in [7, 11) is 0. The molecule has 6 aromatic rings. The molecule has 0 amide bonds. The van der Waals surface area contributed by atoms with E-state index in [1.54, 1.807) is 11.3 Å². The van der Waals surface area contributed by atoms with Crippen molar-refractivity contribution in [1.82, 2.24) is 35.2 Å². The molecule has 1 N–H and O–H groups in total. The molecule has 0 aliphatic rings. The Labute approximate surface area is 234 Å². The van der Waals surface area contributed by atoms with Gasteiger partial charge in [0.25, 0.3) is 0 Å². The van der Waals surface area contributed by atoms with E-state index in [9.17, 15) is 0 Å². The Morgan fingerprint density at radius 1 is 0.949 bits per heavy atom. The molecule has 39 heavy (non-hydrogen) atoms. The number of unbranched alkanes of at least 4 members (excludes halogenated alkanes) is 1. The number of fused-ring (bicyclic) bond motifs is 1. The second-order valence-corrected chi connectivity index (χ2v) is 10.6. The van der Waals surface area contributed by atoms with E-state index in [1.165, 1.54) is 5.56 Å². The lowest BCUT2D eigenvalue weighted by Gasteiger charge is -2.11. The Morgan fingerprint density at radius 3 is 2.51 bits per heavy atom. The van der Waals surface area contributed by atoms with Gasteiger partial charge < -0.3 is 9.30 Å². The number of imidazole rings is 1. The summed E-state index contributed by atoms with van der Waals surface area (Å²) in [5.41, 5.74) is 4.77. The smallest absolute Gasteiger partial charge is 0.205 e. The predicted molar refractivity (Wildman–Crippen MR) is 154 cm³/mol. The van der Waals surface area contributed by atoms with Crippen LogP contribution in [0.3, 0.4) is 0 Å². The van der Waals surface area contributed by atoms with Gasteiger partial charge in [-0.3, -0.25) is 0 Å². The van der Waals surface area contributed by atoms with E-state index in [2.05, 4.69) is 44.2 Å². The molecule has 0 spiro atoms. The van der Waals surface area contributed by atoms with Gasteiger partial charge in [0.2, 0.25) is 5.82 Å². The molecule has 0 saturated heterocycles. The summed E-state index contributed by atoms with van der Waals surface area (Å²) in [5.74, 6) is 2.41. The van der Waals surface area contributed by atoms with Crippen molar-refractivity contribution in [2.75, 3.05) is 0 Å². The van der Waals surface area contributed by atoms with E-state index in [0.29, 0.717) is 24.0 Å². The number of halogens is 1. The van der Waals surface area contributed by atoms with E-state index >= 15 is 0 Å². The van der Waals surface area contributed by atoms with Crippen LogP contribution in [0.2, 0.25) is 5.02 Å². The standard InChI is InChI=1S/C29H26ClN7OS/c1-2-3-12-25-31-27-29(39-28(32-27)23-10-6-7-11-24(23)30)37(25)17-19-13-15-21(16-14-19)38-18-20-8-4-5-9-22(20)26-33-35-36-34-26/h4-11,13-16H,2-3,12,17-18H2,1H3,(H,33,34,35,36). The summed E-state index contributed by atoms with van der Waals surface area (Å²) in [4.78, 5) is 10.8. The van der Waals surface area contributed by atoms with Crippen molar-refractivity contribution < 1.29 is 4.74 Å². The number of H-pyrrole nitrogens is 1. The molecule has 0 bridgehead atoms. The molecule has 0 aliphatic heterocycles. The minimum atomic E-state index is 0.402. The molecule has 6 rings (SSSR count). The summed E-state index contributed by atoms with van der Waals surface area (Å²) >= 11 is 8.09. The highest BCUT2D eigenvalue weighted by molar-refractivity contribution is 7.21. The Balaban J connectivity index is 1.22. The third kappa shape index (κ3) is 5.41. The second kappa shape index (κ2) is 11.3. The highest BCUT2D eigenvalue weighted by Crippen LogP contribution is 2.35. The van der Waals surface area contributed by atoms with Crippen LogP contribution in [-0.2, 0) is 19.6 Å². The minimum Gasteiger partial charge on any atom is -0.489 e. The van der Waals surface area contributed by atoms with Gasteiger partial charge in [-0.05, 0) is 35.4 Å². The normalized spacial score (nSPS) is 11.3. The average Bonchev–Trinajstić information content (AvgIpc) is 3.70. The third-order valence-electron chi connectivity index (χ3n) is 6.50. The van der Waals surface area contributed by atoms with Crippen LogP contribution in [-0.4, -0.2) is 35.2 Å². The number of ether oxygens (including phenoxy) is 1. The lowest BCUT2D eigenvalue weighted by atomic mass is 10.1. The molecule has 196 valence electrons. The van der Waals surface area contributed by atoms with Crippen molar-refractivity contribution in [3.8, 4) is 27.7 Å². The van der Waals surface area contributed by atoms with Gasteiger partial charge >= 0.3 is 0 Å². The number of hydrogen-bond acceptors (Lipinski definition) is 7. The van der Waals surface area contributed by atoms with Gasteiger partial charge in [0.15, 0.2) is 5.65 Å². The molecule has 3 heterocycles. The first kappa shape index (κ1) is 25.2. The Bertz CT molecular complexity index is 1690. The number of aromatic nitrogens is 7. The molecule has 8 nitrogen and oxygen atoms in total. The number of aryl methyl sites for hydroxylation is 1. The van der Waals surface area contributed by atoms with Crippen molar-refractivity contribution in [2.45, 2.75) is 39.3 Å². The highest BCUT2D eigenvalue weighted by atomic mass is 35.5. The van der Waals surface area contributed by atoms with Gasteiger partial charge in [-0.15, -0.1) is 10.2 Å². The van der Waals surface area contributed by atoms with Crippen LogP contribution < -0.4 is 4.74 Å². The summed E-state index contributed by atoms with van der Waals surface area (Å²) < 4.78 is 8.40. The molecule has 0 radical (unpaired) electrons. The van der Waals surface area contributed by atoms with Crippen molar-refractivity contribution in [3.63, 3.8) is 0 Å². The average molecular weight is 556 g/mol. The fourth-order valence-electron chi connectivity index (χ4n) is 4.47. The molecule has 0 atom stereocenters. The fourth-order valence-corrected chi connectivity index (χ4v) is 5.81. The highest BCUT2D eigenvalue weighted by Gasteiger charge is 2.18. The maximum atomic E-state index is 6.45. The van der Waals surface area contributed by atoms with Crippen LogP contribution in [0.1, 0.15) is 36.7 Å². The Hall–Kier alpha value is -4.08. The van der Waals surface area contributed by atoms with Crippen molar-refractivity contribution in [2.24, 2.45) is 0 Å². The zero-order chi connectivity index (χ0) is 26.6. The van der Waals surface area contributed by atoms with Gasteiger partial charge in [0, 0.05) is 23.1 Å². The van der Waals surface area contributed by atoms with Gasteiger partial charge in [0.05, 0.1) is 11.6 Å². The molecular weight excluding hydrogens is 530 g/mol. The molecule has 0 unspecified atom stereocenters. The fraction of sp³-hybridized carbons (Fsp3) is 0.207. The van der Waals surface area contributed by atoms with E-state index in [4.69, 9.17) is 26.3 Å². The second-order valence-electron chi connectivity index (χ2n) is 9.17. The summed E-state index contributed by atoms with van der Waals surface area (Å²) in [5, 5.41) is 16.0. The largest absolute Gasteiger partial charge is 0.489 e. The maximum Gasteiger partial charge on any atom is 0.205 e. The number of tetrazole rings is 1. The predicted octanol–water partition coefficient (Wildman–Crippen LogP) is 6.96. The van der Waals surface area contributed by atoms with Gasteiger partial charge in [0.1, 0.15) is 28.0 Å². The lowest BCUT2D eigenvalue weighted by Crippen LogP contribution is -2.05. The van der Waals surface area contributed by atoms with Crippen molar-refractivity contribution in [1.29, 1.82) is 0 Å². The number of aromatic amines is 1. The van der Waals surface area contributed by atoms with Crippen LogP contribution in [0.15, 0.2) is 72.8 Å². The Morgan fingerprint density at radius 2 is 1.74 bits per heavy atom. The third-order valence-corrected chi connectivity index (χ3v) is 7.93. The van der Waals surface area contributed by atoms with Gasteiger partial charge in [-0.25, -0.2) is 9.97 Å². The summed E-state index contributed by atoms with van der Waals surface area (Å²) in [6.07, 6.45) is 3.11. The first-order valence-corrected chi connectivity index (χ1v) is 14.0. The zero-order valence-electron chi connectivity index (χ0n) is 21.3. The van der Waals surface area contributed by atoms with E-state index in [-0.39, 0.29) is 0 Å². The molecule has 0 saturated carbocycles. The first-order chi connectivity index (χ1) is 19.2. The first-order valence-electron chi connectivity index (χ1n) is 12.8. The SMILES string of the molecule is CCCCc1nc2nc(-c3ccccc3Cl)sc2n1Cc1ccc(OCc2ccccc2-c2nn[nH]n2)cc1. The van der Waals surface area contributed by atoms with Crippen LogP contribution in [0, 0.1) is 0 Å². The maximum absolute atomic E-state index is 6.45. The number of benzene rings is 3. The topological polar surface area (TPSA) is 94.4 Å². The summed E-state index contributed by atoms with van der Waals surface area (Å²) in [6, 6.07) is 23.9. The van der Waals surface area contributed by atoms with Crippen LogP contribution in [0.4, 0.5) is 0 Å². The quantitative estimate of drug-likeness (QED) is 0.196. The zero-order valence-corrected chi connectivity index (χ0v) is 22.9. The number of hydrogen-bond donors (Lipinski definition) is 1. The monoisotopic (exact) mass is 555 g/mol. The number of rotatable bonds is 10. The van der Waals surface area contributed by atoms with Gasteiger partial charge in [-0.1, -0.05) is 90.9 Å². The summed E-state index contributed by atoms with van der Waals surface area (Å²) in [6.45, 7) is 3.31. The molecule has 3 aromatic heterocycles. The van der Waals surface area contributed by atoms with Gasteiger partial charge in [-0.2, -0.15) is 5.21 Å². The Kier molecular flexibility index (Phi) is 7.33. The molecule has 3 aromatic carbocycles. The van der Waals surface area contributed by atoms with E-state index in [0.717, 1.165) is 63.0 Å². The van der Waals surface area contributed by atoms with Crippen LogP contribution in [0.5, 0.6) is 5.75 Å². The van der Waals surface area contributed by atoms with E-state index < -0.39 is 0 Å². The molecule has 0 fully saturated rings. The number of nitrogens with one attached hydrogen (secondary N) is 1. The molecule has 10 heteroatoms.